The van der Waals surface area contributed by atoms with E-state index in [1.807, 2.05) is 18.2 Å². The topological polar surface area (TPSA) is 20.2 Å². The first-order valence-corrected chi connectivity index (χ1v) is 7.98. The minimum absolute atomic E-state index is 0.196. The molecule has 0 fully saturated rings. The van der Waals surface area contributed by atoms with Gasteiger partial charge in [-0.05, 0) is 12.0 Å². The Bertz CT molecular complexity index is 307. The molecule has 0 saturated carbocycles. The largest absolute Gasteiger partial charge is 0.393 e. The average Bonchev–Trinajstić information content (AvgIpc) is 2.46. The summed E-state index contributed by atoms with van der Waals surface area (Å²) < 4.78 is 0. The molecule has 19 heavy (non-hydrogen) atoms. The monoisotopic (exact) mass is 262 g/mol. The predicted octanol–water partition coefficient (Wildman–Crippen LogP) is 5.29. The first-order valence-electron chi connectivity index (χ1n) is 7.98. The highest BCUT2D eigenvalue weighted by molar-refractivity contribution is 5.19. The summed E-state index contributed by atoms with van der Waals surface area (Å²) >= 11 is 0. The van der Waals surface area contributed by atoms with E-state index in [-0.39, 0.29) is 12.0 Å². The summed E-state index contributed by atoms with van der Waals surface area (Å²) in [5.74, 6) is 0.251. The quantitative estimate of drug-likeness (QED) is 0.568. The standard InChI is InChI=1S/C18H30O/c1-3-4-5-6-7-8-12-15-18(19)16(2)17-13-10-9-11-14-17/h9-11,13-14,16,18-19H,3-8,12,15H2,1-2H3. The Kier molecular flexibility index (Phi) is 8.57. The van der Waals surface area contributed by atoms with E-state index >= 15 is 0 Å². The van der Waals surface area contributed by atoms with Gasteiger partial charge in [-0.25, -0.2) is 0 Å². The molecule has 0 bridgehead atoms. The van der Waals surface area contributed by atoms with Crippen LogP contribution in [0.5, 0.6) is 0 Å². The zero-order valence-corrected chi connectivity index (χ0v) is 12.6. The van der Waals surface area contributed by atoms with Crippen molar-refractivity contribution in [2.75, 3.05) is 0 Å². The van der Waals surface area contributed by atoms with E-state index in [9.17, 15) is 5.11 Å². The molecular weight excluding hydrogens is 232 g/mol. The van der Waals surface area contributed by atoms with E-state index in [1.54, 1.807) is 0 Å². The third kappa shape index (κ3) is 6.77. The van der Waals surface area contributed by atoms with Gasteiger partial charge in [0.25, 0.3) is 0 Å². The summed E-state index contributed by atoms with van der Waals surface area (Å²) in [5.41, 5.74) is 1.25. The minimum atomic E-state index is -0.196. The normalized spacial score (nSPS) is 14.3. The van der Waals surface area contributed by atoms with Gasteiger partial charge in [0.05, 0.1) is 6.10 Å². The van der Waals surface area contributed by atoms with E-state index < -0.39 is 0 Å². The molecule has 0 radical (unpaired) electrons. The average molecular weight is 262 g/mol. The van der Waals surface area contributed by atoms with Crippen LogP contribution in [0.1, 0.15) is 76.7 Å². The Hall–Kier alpha value is -0.820. The Morgan fingerprint density at radius 2 is 1.47 bits per heavy atom. The fraction of sp³-hybridized carbons (Fsp3) is 0.667. The molecule has 1 aromatic carbocycles. The zero-order chi connectivity index (χ0) is 13.9. The maximum atomic E-state index is 10.2. The summed E-state index contributed by atoms with van der Waals surface area (Å²) in [6.45, 7) is 4.38. The molecule has 0 aliphatic heterocycles. The molecule has 0 spiro atoms. The molecule has 108 valence electrons. The number of aliphatic hydroxyl groups excluding tert-OH is 1. The smallest absolute Gasteiger partial charge is 0.0606 e. The van der Waals surface area contributed by atoms with Crippen LogP contribution in [-0.2, 0) is 0 Å². The van der Waals surface area contributed by atoms with Gasteiger partial charge in [0.15, 0.2) is 0 Å². The number of rotatable bonds is 10. The molecule has 1 nitrogen and oxygen atoms in total. The summed E-state index contributed by atoms with van der Waals surface area (Å²) in [4.78, 5) is 0. The predicted molar refractivity (Wildman–Crippen MR) is 83.5 cm³/mol. The van der Waals surface area contributed by atoms with Gasteiger partial charge in [-0.3, -0.25) is 0 Å². The van der Waals surface area contributed by atoms with Crippen LogP contribution in [-0.4, -0.2) is 11.2 Å². The van der Waals surface area contributed by atoms with Crippen molar-refractivity contribution in [2.24, 2.45) is 0 Å². The van der Waals surface area contributed by atoms with Crippen molar-refractivity contribution in [2.45, 2.75) is 77.2 Å². The highest BCUT2D eigenvalue weighted by Gasteiger charge is 2.15. The van der Waals surface area contributed by atoms with Crippen molar-refractivity contribution in [3.63, 3.8) is 0 Å². The van der Waals surface area contributed by atoms with Gasteiger partial charge in [0.2, 0.25) is 0 Å². The zero-order valence-electron chi connectivity index (χ0n) is 12.6. The van der Waals surface area contributed by atoms with Gasteiger partial charge >= 0.3 is 0 Å². The van der Waals surface area contributed by atoms with Gasteiger partial charge in [0.1, 0.15) is 0 Å². The van der Waals surface area contributed by atoms with Gasteiger partial charge in [-0.1, -0.05) is 89.1 Å². The Morgan fingerprint density at radius 3 is 2.11 bits per heavy atom. The molecule has 0 amide bonds. The number of aliphatic hydroxyl groups is 1. The third-order valence-electron chi connectivity index (χ3n) is 4.01. The molecule has 0 heterocycles. The van der Waals surface area contributed by atoms with Crippen LogP contribution in [0.25, 0.3) is 0 Å². The molecule has 2 atom stereocenters. The van der Waals surface area contributed by atoms with Crippen LogP contribution in [0.3, 0.4) is 0 Å². The second-order valence-corrected chi connectivity index (χ2v) is 5.68. The van der Waals surface area contributed by atoms with Gasteiger partial charge in [-0.15, -0.1) is 0 Å². The molecule has 0 aromatic heterocycles. The number of benzene rings is 1. The summed E-state index contributed by atoms with van der Waals surface area (Å²) in [5, 5.41) is 10.2. The fourth-order valence-electron chi connectivity index (χ4n) is 2.54. The van der Waals surface area contributed by atoms with E-state index in [1.165, 1.54) is 44.1 Å². The maximum absolute atomic E-state index is 10.2. The lowest BCUT2D eigenvalue weighted by molar-refractivity contribution is 0.136. The highest BCUT2D eigenvalue weighted by atomic mass is 16.3. The molecule has 0 aliphatic carbocycles. The first kappa shape index (κ1) is 16.2. The SMILES string of the molecule is CCCCCCCCCC(O)C(C)c1ccccc1. The van der Waals surface area contributed by atoms with E-state index in [0.717, 1.165) is 12.8 Å². The minimum Gasteiger partial charge on any atom is -0.393 e. The Balaban J connectivity index is 2.12. The molecule has 0 aliphatic rings. The van der Waals surface area contributed by atoms with Crippen molar-refractivity contribution in [1.82, 2.24) is 0 Å². The van der Waals surface area contributed by atoms with Crippen LogP contribution in [0.15, 0.2) is 30.3 Å². The lowest BCUT2D eigenvalue weighted by Crippen LogP contribution is -2.15. The third-order valence-corrected chi connectivity index (χ3v) is 4.01. The second-order valence-electron chi connectivity index (χ2n) is 5.68. The van der Waals surface area contributed by atoms with Gasteiger partial charge in [-0.2, -0.15) is 0 Å². The number of hydrogen-bond donors (Lipinski definition) is 1. The van der Waals surface area contributed by atoms with Crippen molar-refractivity contribution in [1.29, 1.82) is 0 Å². The number of unbranched alkanes of at least 4 members (excludes halogenated alkanes) is 6. The van der Waals surface area contributed by atoms with E-state index in [4.69, 9.17) is 0 Å². The van der Waals surface area contributed by atoms with Crippen molar-refractivity contribution in [3.8, 4) is 0 Å². The first-order chi connectivity index (χ1) is 9.25. The Labute approximate surface area is 119 Å². The van der Waals surface area contributed by atoms with Crippen LogP contribution in [0.4, 0.5) is 0 Å². The van der Waals surface area contributed by atoms with E-state index in [0.29, 0.717) is 0 Å². The van der Waals surface area contributed by atoms with Crippen molar-refractivity contribution < 1.29 is 5.11 Å². The van der Waals surface area contributed by atoms with Crippen LogP contribution < -0.4 is 0 Å². The van der Waals surface area contributed by atoms with Crippen molar-refractivity contribution in [3.05, 3.63) is 35.9 Å². The molecule has 1 heteroatoms. The maximum Gasteiger partial charge on any atom is 0.0606 e. The molecule has 2 unspecified atom stereocenters. The van der Waals surface area contributed by atoms with Gasteiger partial charge < -0.3 is 5.11 Å². The van der Waals surface area contributed by atoms with E-state index in [2.05, 4.69) is 26.0 Å². The lowest BCUT2D eigenvalue weighted by Gasteiger charge is -2.19. The Morgan fingerprint density at radius 1 is 0.895 bits per heavy atom. The molecular formula is C18H30O. The highest BCUT2D eigenvalue weighted by Crippen LogP contribution is 2.22. The summed E-state index contributed by atoms with van der Waals surface area (Å²) in [7, 11) is 0. The second kappa shape index (κ2) is 10.0. The van der Waals surface area contributed by atoms with Crippen LogP contribution in [0.2, 0.25) is 0 Å². The molecule has 0 saturated heterocycles. The molecule has 1 aromatic rings. The molecule has 1 N–H and O–H groups in total. The fourth-order valence-corrected chi connectivity index (χ4v) is 2.54. The van der Waals surface area contributed by atoms with Gasteiger partial charge in [0, 0.05) is 5.92 Å². The lowest BCUT2D eigenvalue weighted by atomic mass is 9.92. The van der Waals surface area contributed by atoms with Crippen LogP contribution in [0, 0.1) is 0 Å². The summed E-state index contributed by atoms with van der Waals surface area (Å²) in [6, 6.07) is 10.3. The molecule has 1 rings (SSSR count). The number of hydrogen-bond acceptors (Lipinski definition) is 1. The van der Waals surface area contributed by atoms with Crippen LogP contribution >= 0.6 is 0 Å². The van der Waals surface area contributed by atoms with Crippen molar-refractivity contribution >= 4 is 0 Å². The summed E-state index contributed by atoms with van der Waals surface area (Å²) in [6.07, 6.45) is 9.90.